The van der Waals surface area contributed by atoms with Crippen LogP contribution in [-0.2, 0) is 27.1 Å². The van der Waals surface area contributed by atoms with E-state index in [9.17, 15) is 18.0 Å². The number of carbonyl (C=O) groups excluding carboxylic acids is 2. The van der Waals surface area contributed by atoms with Gasteiger partial charge in [0.1, 0.15) is 22.7 Å². The molecule has 0 radical (unpaired) electrons. The Morgan fingerprint density at radius 2 is 0.985 bits per heavy atom. The van der Waals surface area contributed by atoms with Crippen LogP contribution in [0.5, 0.6) is 46.0 Å². The van der Waals surface area contributed by atoms with Crippen molar-refractivity contribution in [3.8, 4) is 46.0 Å². The Morgan fingerprint density at radius 1 is 0.576 bits per heavy atom. The minimum atomic E-state index is -4.32. The zero-order valence-corrected chi connectivity index (χ0v) is 40.0. The van der Waals surface area contributed by atoms with Crippen LogP contribution >= 0.6 is 0 Å². The third kappa shape index (κ3) is 10.9. The molecule has 0 amide bonds. The van der Waals surface area contributed by atoms with Crippen LogP contribution < -0.4 is 37.9 Å². The molecule has 2 aliphatic rings. The molecule has 0 saturated heterocycles. The van der Waals surface area contributed by atoms with Gasteiger partial charge >= 0.3 is 0 Å². The van der Waals surface area contributed by atoms with Gasteiger partial charge in [-0.1, -0.05) is 17.7 Å². The summed E-state index contributed by atoms with van der Waals surface area (Å²) >= 11 is 0. The highest BCUT2D eigenvalue weighted by atomic mass is 32.2. The van der Waals surface area contributed by atoms with E-state index in [2.05, 4.69) is 0 Å². The van der Waals surface area contributed by atoms with Crippen molar-refractivity contribution in [3.63, 3.8) is 0 Å². The van der Waals surface area contributed by atoms with Crippen molar-refractivity contribution in [1.82, 2.24) is 0 Å². The minimum absolute atomic E-state index is 0.0607. The normalized spacial score (nSPS) is 15.4. The summed E-state index contributed by atoms with van der Waals surface area (Å²) in [5.41, 5.74) is 3.13. The molecule has 0 fully saturated rings. The van der Waals surface area contributed by atoms with Crippen molar-refractivity contribution in [3.05, 3.63) is 124 Å². The smallest absolute Gasteiger partial charge is 0.298 e. The second kappa shape index (κ2) is 20.0. The van der Waals surface area contributed by atoms with E-state index in [4.69, 9.17) is 42.1 Å². The highest BCUT2D eigenvalue weighted by molar-refractivity contribution is 7.86. The molecule has 5 aromatic carbocycles. The van der Waals surface area contributed by atoms with Gasteiger partial charge in [0.05, 0.1) is 47.6 Å². The molecule has 0 N–H and O–H groups in total. The molecule has 352 valence electrons. The van der Waals surface area contributed by atoms with Gasteiger partial charge in [0.25, 0.3) is 10.1 Å². The molecule has 0 saturated carbocycles. The second-order valence-corrected chi connectivity index (χ2v) is 18.7. The van der Waals surface area contributed by atoms with E-state index in [-0.39, 0.29) is 38.7 Å². The first-order valence-electron chi connectivity index (χ1n) is 21.2. The number of benzene rings is 5. The van der Waals surface area contributed by atoms with Gasteiger partial charge in [-0.15, -0.1) is 0 Å². The molecule has 2 atom stereocenters. The van der Waals surface area contributed by atoms with Crippen LogP contribution in [0, 0.1) is 6.92 Å². The molecule has 66 heavy (non-hydrogen) atoms. The van der Waals surface area contributed by atoms with E-state index >= 15 is 4.39 Å². The number of Topliss-reactive ketones (excluding diaryl/α,β-unsaturated/α-hetero) is 2. The maximum Gasteiger partial charge on any atom is 0.298 e. The summed E-state index contributed by atoms with van der Waals surface area (Å²) in [6.07, 6.45) is -0.247. The number of methoxy groups -OCH3 is 6. The van der Waals surface area contributed by atoms with E-state index in [1.807, 2.05) is 34.6 Å². The molecule has 0 bridgehead atoms. The Balaban J connectivity index is 0.000000229. The molecule has 0 aromatic heterocycles. The largest absolute Gasteiger partial charge is 0.493 e. The Kier molecular flexibility index (Phi) is 14.9. The average molecular weight is 929 g/mol. The van der Waals surface area contributed by atoms with Crippen LogP contribution in [0.15, 0.2) is 89.8 Å². The SMILES string of the molecule is COc1cc(C(F)C(=O)c2ccc3c(c2)CCC(C)(C)O3)cc(OC)c1OC.COc1cc(C(OS(=O)(=O)c2ccc(C)cc2)C(=O)c2ccc3c(c2)CCC(C)(C)O3)cc(OC)c1OC. The molecule has 2 heterocycles. The van der Waals surface area contributed by atoms with Crippen molar-refractivity contribution in [1.29, 1.82) is 0 Å². The summed E-state index contributed by atoms with van der Waals surface area (Å²) in [5, 5.41) is 0. The fourth-order valence-corrected chi connectivity index (χ4v) is 8.74. The monoisotopic (exact) mass is 928 g/mol. The number of ketones is 2. The molecule has 0 spiro atoms. The molecule has 13 nitrogen and oxygen atoms in total. The standard InChI is InChI=1S/C29H32O8S.C22H25FO5/c1-18-7-10-22(11-8-18)38(31,32)37-27(21-16-24(33-4)28(35-6)25(17-21)34-5)26(30)20-9-12-23-19(15-20)13-14-29(2,3)36-23;1-22(2)9-8-13-10-14(6-7-16(13)28-22)20(24)19(23)15-11-17(25-3)21(27-5)18(12-15)26-4/h7-12,15-17,27H,13-14H2,1-6H3;6-7,10-12,19H,8-9H2,1-5H3. The number of fused-ring (bicyclic) bond motifs is 2. The number of hydrogen-bond acceptors (Lipinski definition) is 13. The van der Waals surface area contributed by atoms with Crippen LogP contribution in [-0.4, -0.2) is 73.8 Å². The van der Waals surface area contributed by atoms with Crippen LogP contribution in [0.2, 0.25) is 0 Å². The Hall–Kier alpha value is -6.32. The number of ether oxygens (including phenoxy) is 8. The zero-order valence-electron chi connectivity index (χ0n) is 39.2. The van der Waals surface area contributed by atoms with Crippen molar-refractivity contribution in [2.45, 2.75) is 88.7 Å². The van der Waals surface area contributed by atoms with E-state index in [1.165, 1.54) is 79.1 Å². The summed E-state index contributed by atoms with van der Waals surface area (Å²) < 4.78 is 91.4. The molecular weight excluding hydrogens is 872 g/mol. The van der Waals surface area contributed by atoms with E-state index in [0.717, 1.165) is 48.1 Å². The van der Waals surface area contributed by atoms with Gasteiger partial charge in [-0.25, -0.2) is 8.57 Å². The lowest BCUT2D eigenvalue weighted by Crippen LogP contribution is -2.32. The lowest BCUT2D eigenvalue weighted by molar-refractivity contribution is 0.0794. The number of rotatable bonds is 15. The second-order valence-electron chi connectivity index (χ2n) is 17.1. The molecule has 2 aliphatic heterocycles. The van der Waals surface area contributed by atoms with Gasteiger partial charge in [0.15, 0.2) is 41.1 Å². The third-order valence-corrected chi connectivity index (χ3v) is 12.7. The fourth-order valence-electron chi connectivity index (χ4n) is 7.71. The van der Waals surface area contributed by atoms with Crippen LogP contribution in [0.25, 0.3) is 0 Å². The average Bonchev–Trinajstić information content (AvgIpc) is 3.30. The van der Waals surface area contributed by atoms with E-state index in [1.54, 1.807) is 48.5 Å². The topological polar surface area (TPSA) is 151 Å². The van der Waals surface area contributed by atoms with Gasteiger partial charge < -0.3 is 37.9 Å². The fraction of sp³-hybridized carbons (Fsp3) is 0.373. The summed E-state index contributed by atoms with van der Waals surface area (Å²) in [6.45, 7) is 9.92. The highest BCUT2D eigenvalue weighted by Crippen LogP contribution is 2.44. The summed E-state index contributed by atoms with van der Waals surface area (Å²) in [6, 6.07) is 22.3. The quantitative estimate of drug-likeness (QED) is 0.0724. The maximum absolute atomic E-state index is 15.1. The number of alkyl halides is 1. The Bertz CT molecular complexity index is 2640. The van der Waals surface area contributed by atoms with Crippen LogP contribution in [0.3, 0.4) is 0 Å². The predicted molar refractivity (Wildman–Crippen MR) is 246 cm³/mol. The van der Waals surface area contributed by atoms with Gasteiger partial charge in [-0.2, -0.15) is 8.42 Å². The van der Waals surface area contributed by atoms with E-state index < -0.39 is 34.0 Å². The van der Waals surface area contributed by atoms with Gasteiger partial charge in [0.2, 0.25) is 17.3 Å². The summed E-state index contributed by atoms with van der Waals surface area (Å²) in [5.74, 6) is 2.06. The minimum Gasteiger partial charge on any atom is -0.493 e. The molecule has 15 heteroatoms. The highest BCUT2D eigenvalue weighted by Gasteiger charge is 2.34. The number of halogens is 1. The van der Waals surface area contributed by atoms with Gasteiger partial charge in [-0.3, -0.25) is 9.59 Å². The van der Waals surface area contributed by atoms with Gasteiger partial charge in [0, 0.05) is 16.7 Å². The molecule has 0 aliphatic carbocycles. The van der Waals surface area contributed by atoms with E-state index in [0.29, 0.717) is 39.9 Å². The van der Waals surface area contributed by atoms with Crippen LogP contribution in [0.1, 0.15) is 101 Å². The number of hydrogen-bond donors (Lipinski definition) is 0. The molecule has 2 unspecified atom stereocenters. The predicted octanol–water partition coefficient (Wildman–Crippen LogP) is 10.2. The molecular formula is C51H57FO13S. The van der Waals surface area contributed by atoms with Crippen LogP contribution in [0.4, 0.5) is 4.39 Å². The first-order valence-corrected chi connectivity index (χ1v) is 22.6. The van der Waals surface area contributed by atoms with Crippen molar-refractivity contribution in [2.75, 3.05) is 42.7 Å². The molecule has 5 aromatic rings. The third-order valence-electron chi connectivity index (χ3n) is 11.4. The van der Waals surface area contributed by atoms with Crippen molar-refractivity contribution in [2.24, 2.45) is 0 Å². The maximum atomic E-state index is 15.1. The number of carbonyl (C=O) groups is 2. The summed E-state index contributed by atoms with van der Waals surface area (Å²) in [7, 11) is 4.36. The number of aryl methyl sites for hydroxylation is 3. The Labute approximate surface area is 386 Å². The summed E-state index contributed by atoms with van der Waals surface area (Å²) in [4.78, 5) is 26.7. The van der Waals surface area contributed by atoms with Gasteiger partial charge in [-0.05, 0) is 150 Å². The molecule has 7 rings (SSSR count). The Morgan fingerprint density at radius 3 is 1.39 bits per heavy atom. The lowest BCUT2D eigenvalue weighted by atomic mass is 9.91. The first kappa shape index (κ1) is 49.1. The van der Waals surface area contributed by atoms with Crippen molar-refractivity contribution < 1.29 is 64.5 Å². The lowest BCUT2D eigenvalue weighted by Gasteiger charge is -2.32. The van der Waals surface area contributed by atoms with Crippen molar-refractivity contribution >= 4 is 21.7 Å². The zero-order chi connectivity index (χ0) is 48.1. The first-order chi connectivity index (χ1) is 31.3.